The van der Waals surface area contributed by atoms with Gasteiger partial charge in [0.1, 0.15) is 6.33 Å². The van der Waals surface area contributed by atoms with E-state index in [1.54, 1.807) is 11.6 Å². The summed E-state index contributed by atoms with van der Waals surface area (Å²) in [5.41, 5.74) is 0.673. The van der Waals surface area contributed by atoms with Crippen molar-refractivity contribution in [1.82, 2.24) is 20.1 Å². The Morgan fingerprint density at radius 2 is 2.22 bits per heavy atom. The van der Waals surface area contributed by atoms with Crippen molar-refractivity contribution in [1.29, 1.82) is 0 Å². The predicted octanol–water partition coefficient (Wildman–Crippen LogP) is 0.840. The smallest absolute Gasteiger partial charge is 0.245 e. The van der Waals surface area contributed by atoms with E-state index >= 15 is 0 Å². The first-order valence-electron chi connectivity index (χ1n) is 7.63. The summed E-state index contributed by atoms with van der Waals surface area (Å²) in [5, 5.41) is 11.0. The highest BCUT2D eigenvalue weighted by atomic mass is 16.2. The second-order valence-electron chi connectivity index (χ2n) is 5.57. The number of hydrogen-bond donors (Lipinski definition) is 1. The van der Waals surface area contributed by atoms with E-state index in [9.17, 15) is 9.59 Å². The summed E-state index contributed by atoms with van der Waals surface area (Å²) in [6, 6.07) is 8.12. The summed E-state index contributed by atoms with van der Waals surface area (Å²) < 4.78 is 1.66. The van der Waals surface area contributed by atoms with Crippen molar-refractivity contribution >= 4 is 17.9 Å². The molecule has 1 N–H and O–H groups in total. The van der Waals surface area contributed by atoms with Gasteiger partial charge in [-0.25, -0.2) is 0 Å². The quantitative estimate of drug-likeness (QED) is 0.828. The third-order valence-electron chi connectivity index (χ3n) is 4.05. The molecule has 1 aromatic carbocycles. The number of hydrogen-bond acceptors (Lipinski definition) is 5. The molecule has 2 heterocycles. The zero-order valence-electron chi connectivity index (χ0n) is 12.9. The summed E-state index contributed by atoms with van der Waals surface area (Å²) in [4.78, 5) is 26.3. The van der Waals surface area contributed by atoms with E-state index < -0.39 is 6.04 Å². The molecule has 3 rings (SSSR count). The van der Waals surface area contributed by atoms with Crippen molar-refractivity contribution in [3.05, 3.63) is 42.5 Å². The lowest BCUT2D eigenvalue weighted by molar-refractivity contribution is -0.122. The lowest BCUT2D eigenvalue weighted by atomic mass is 10.1. The zero-order valence-corrected chi connectivity index (χ0v) is 12.9. The molecule has 0 bridgehead atoms. The molecule has 2 atom stereocenters. The van der Waals surface area contributed by atoms with Gasteiger partial charge in [0.15, 0.2) is 18.2 Å². The lowest BCUT2D eigenvalue weighted by Gasteiger charge is -2.30. The van der Waals surface area contributed by atoms with Crippen molar-refractivity contribution in [2.24, 2.45) is 7.05 Å². The molecule has 0 radical (unpaired) electrons. The monoisotopic (exact) mass is 313 g/mol. The molecule has 1 amide bonds. The van der Waals surface area contributed by atoms with E-state index in [1.807, 2.05) is 30.3 Å². The Morgan fingerprint density at radius 3 is 2.78 bits per heavy atom. The molecular weight excluding hydrogens is 294 g/mol. The van der Waals surface area contributed by atoms with Gasteiger partial charge in [-0.3, -0.25) is 9.69 Å². The predicted molar refractivity (Wildman–Crippen MR) is 84.8 cm³/mol. The van der Waals surface area contributed by atoms with Gasteiger partial charge in [0.25, 0.3) is 0 Å². The van der Waals surface area contributed by atoms with Gasteiger partial charge in [0.05, 0.1) is 6.04 Å². The van der Waals surface area contributed by atoms with Crippen LogP contribution in [-0.2, 0) is 16.6 Å². The van der Waals surface area contributed by atoms with Crippen LogP contribution in [0.5, 0.6) is 0 Å². The van der Waals surface area contributed by atoms with Crippen LogP contribution in [0.4, 0.5) is 5.69 Å². The molecule has 2 unspecified atom stereocenters. The number of benzene rings is 1. The van der Waals surface area contributed by atoms with Gasteiger partial charge in [-0.1, -0.05) is 18.2 Å². The van der Waals surface area contributed by atoms with E-state index in [4.69, 9.17) is 0 Å². The maximum atomic E-state index is 13.0. The van der Waals surface area contributed by atoms with Crippen LogP contribution in [-0.4, -0.2) is 39.5 Å². The highest BCUT2D eigenvalue weighted by Gasteiger charge is 2.35. The molecule has 1 aromatic heterocycles. The van der Waals surface area contributed by atoms with Crippen molar-refractivity contribution in [3.8, 4) is 0 Å². The number of para-hydroxylation sites is 1. The van der Waals surface area contributed by atoms with Crippen LogP contribution < -0.4 is 10.2 Å². The molecule has 1 aliphatic rings. The molecule has 0 saturated carbocycles. The minimum absolute atomic E-state index is 0.117. The number of rotatable bonds is 5. The SMILES string of the molecule is Cn1cnnc1C(C=O)N(C(=O)C1CCCN1)c1ccccc1. The largest absolute Gasteiger partial charge is 0.319 e. The molecular formula is C16H19N5O2. The average Bonchev–Trinajstić information content (AvgIpc) is 3.24. The summed E-state index contributed by atoms with van der Waals surface area (Å²) in [6.07, 6.45) is 3.98. The van der Waals surface area contributed by atoms with Crippen LogP contribution in [0.3, 0.4) is 0 Å². The van der Waals surface area contributed by atoms with Gasteiger partial charge in [-0.05, 0) is 31.5 Å². The molecule has 0 spiro atoms. The Hall–Kier alpha value is -2.54. The minimum Gasteiger partial charge on any atom is -0.319 e. The van der Waals surface area contributed by atoms with Crippen LogP contribution in [0.2, 0.25) is 0 Å². The number of carbonyl (C=O) groups is 2. The second kappa shape index (κ2) is 6.70. The van der Waals surface area contributed by atoms with Gasteiger partial charge >= 0.3 is 0 Å². The minimum atomic E-state index is -0.806. The number of aryl methyl sites for hydroxylation is 1. The fourth-order valence-electron chi connectivity index (χ4n) is 2.87. The maximum Gasteiger partial charge on any atom is 0.245 e. The first kappa shape index (κ1) is 15.4. The number of aldehydes is 1. The number of aromatic nitrogens is 3. The molecule has 7 heteroatoms. The fourth-order valence-corrected chi connectivity index (χ4v) is 2.87. The Labute approximate surface area is 134 Å². The molecule has 2 aromatic rings. The van der Waals surface area contributed by atoms with Crippen molar-refractivity contribution in [3.63, 3.8) is 0 Å². The van der Waals surface area contributed by atoms with Crippen molar-refractivity contribution in [2.45, 2.75) is 24.9 Å². The molecule has 1 saturated heterocycles. The molecule has 7 nitrogen and oxygen atoms in total. The second-order valence-corrected chi connectivity index (χ2v) is 5.57. The lowest BCUT2D eigenvalue weighted by Crippen LogP contribution is -2.46. The van der Waals surface area contributed by atoms with Crippen LogP contribution >= 0.6 is 0 Å². The standard InChI is InChI=1S/C16H19N5O2/c1-20-11-18-19-15(20)14(10-22)21(12-6-3-2-4-7-12)16(23)13-8-5-9-17-13/h2-4,6-7,10-11,13-14,17H,5,8-9H2,1H3. The van der Waals surface area contributed by atoms with E-state index in [0.29, 0.717) is 11.5 Å². The number of amides is 1. The Bertz CT molecular complexity index is 679. The number of nitrogens with one attached hydrogen (secondary N) is 1. The third-order valence-corrected chi connectivity index (χ3v) is 4.05. The maximum absolute atomic E-state index is 13.0. The zero-order chi connectivity index (χ0) is 16.2. The average molecular weight is 313 g/mol. The normalized spacial score (nSPS) is 18.6. The topological polar surface area (TPSA) is 80.1 Å². The van der Waals surface area contributed by atoms with E-state index in [0.717, 1.165) is 25.7 Å². The van der Waals surface area contributed by atoms with Gasteiger partial charge in [0.2, 0.25) is 5.91 Å². The highest BCUT2D eigenvalue weighted by molar-refractivity contribution is 6.00. The fraction of sp³-hybridized carbons (Fsp3) is 0.375. The number of anilines is 1. The summed E-state index contributed by atoms with van der Waals surface area (Å²) >= 11 is 0. The molecule has 0 aliphatic carbocycles. The number of carbonyl (C=O) groups excluding carboxylic acids is 2. The summed E-state index contributed by atoms with van der Waals surface area (Å²) in [5.74, 6) is 0.323. The molecule has 1 fully saturated rings. The number of nitrogens with zero attached hydrogens (tertiary/aromatic N) is 4. The summed E-state index contributed by atoms with van der Waals surface area (Å²) in [7, 11) is 1.76. The van der Waals surface area contributed by atoms with Crippen molar-refractivity contribution < 1.29 is 9.59 Å². The van der Waals surface area contributed by atoms with E-state index in [-0.39, 0.29) is 11.9 Å². The van der Waals surface area contributed by atoms with Gasteiger partial charge in [-0.15, -0.1) is 10.2 Å². The Kier molecular flexibility index (Phi) is 4.47. The molecule has 120 valence electrons. The van der Waals surface area contributed by atoms with E-state index in [1.165, 1.54) is 11.2 Å². The third kappa shape index (κ3) is 3.00. The van der Waals surface area contributed by atoms with Crippen LogP contribution in [0.1, 0.15) is 24.7 Å². The molecule has 23 heavy (non-hydrogen) atoms. The van der Waals surface area contributed by atoms with Gasteiger partial charge in [0, 0.05) is 12.7 Å². The van der Waals surface area contributed by atoms with Crippen molar-refractivity contribution in [2.75, 3.05) is 11.4 Å². The first-order valence-corrected chi connectivity index (χ1v) is 7.63. The summed E-state index contributed by atoms with van der Waals surface area (Å²) in [6.45, 7) is 0.814. The van der Waals surface area contributed by atoms with Crippen LogP contribution in [0.15, 0.2) is 36.7 Å². The van der Waals surface area contributed by atoms with Crippen LogP contribution in [0, 0.1) is 0 Å². The van der Waals surface area contributed by atoms with E-state index in [2.05, 4.69) is 15.5 Å². The van der Waals surface area contributed by atoms with Gasteiger partial charge in [-0.2, -0.15) is 0 Å². The highest BCUT2D eigenvalue weighted by Crippen LogP contribution is 2.26. The Balaban J connectivity index is 2.01. The van der Waals surface area contributed by atoms with Gasteiger partial charge < -0.3 is 14.7 Å². The Morgan fingerprint density at radius 1 is 1.43 bits per heavy atom. The first-order chi connectivity index (χ1) is 11.2. The van der Waals surface area contributed by atoms with Crippen LogP contribution in [0.25, 0.3) is 0 Å². The molecule has 1 aliphatic heterocycles.